The zero-order valence-electron chi connectivity index (χ0n) is 13.5. The lowest BCUT2D eigenvalue weighted by molar-refractivity contribution is -0.124. The minimum atomic E-state index is -0.606. The quantitative estimate of drug-likeness (QED) is 0.724. The summed E-state index contributed by atoms with van der Waals surface area (Å²) in [6, 6.07) is 13.7. The van der Waals surface area contributed by atoms with Crippen molar-refractivity contribution in [2.24, 2.45) is 0 Å². The van der Waals surface area contributed by atoms with Crippen LogP contribution in [-0.4, -0.2) is 24.4 Å². The fraction of sp³-hybridized carbons (Fsp3) is 0.167. The zero-order valence-corrected chi connectivity index (χ0v) is 15.1. The molecule has 0 atom stereocenters. The topological polar surface area (TPSA) is 84.5 Å². The Bertz CT molecular complexity index is 775. The Morgan fingerprint density at radius 1 is 1.04 bits per heavy atom. The average molecular weight is 405 g/mol. The van der Waals surface area contributed by atoms with Gasteiger partial charge in [0.2, 0.25) is 5.91 Å². The molecule has 25 heavy (non-hydrogen) atoms. The van der Waals surface area contributed by atoms with Gasteiger partial charge in [-0.3, -0.25) is 9.59 Å². The number of esters is 1. The van der Waals surface area contributed by atoms with Gasteiger partial charge in [-0.05, 0) is 35.9 Å². The highest BCUT2D eigenvalue weighted by atomic mass is 79.9. The van der Waals surface area contributed by atoms with Crippen molar-refractivity contribution in [2.45, 2.75) is 13.5 Å². The van der Waals surface area contributed by atoms with E-state index in [-0.39, 0.29) is 18.4 Å². The zero-order chi connectivity index (χ0) is 18.2. The van der Waals surface area contributed by atoms with Crippen LogP contribution in [-0.2, 0) is 20.9 Å². The number of nitrogens with one attached hydrogen (secondary N) is 2. The number of ether oxygens (including phenoxy) is 1. The third-order valence-corrected chi connectivity index (χ3v) is 3.98. The molecule has 0 bridgehead atoms. The summed E-state index contributed by atoms with van der Waals surface area (Å²) in [6.07, 6.45) is 0. The van der Waals surface area contributed by atoms with Crippen molar-refractivity contribution < 1.29 is 19.1 Å². The number of hydrogen-bond acceptors (Lipinski definition) is 4. The summed E-state index contributed by atoms with van der Waals surface area (Å²) in [7, 11) is 0. The normalized spacial score (nSPS) is 10.0. The Kier molecular flexibility index (Phi) is 6.71. The minimum absolute atomic E-state index is 0.197. The van der Waals surface area contributed by atoms with Gasteiger partial charge in [0.1, 0.15) is 0 Å². The lowest BCUT2D eigenvalue weighted by atomic mass is 10.2. The molecule has 2 aromatic rings. The number of halogens is 1. The molecule has 130 valence electrons. The average Bonchev–Trinajstić information content (AvgIpc) is 2.59. The number of anilines is 1. The Hall–Kier alpha value is -2.67. The van der Waals surface area contributed by atoms with Crippen molar-refractivity contribution in [3.05, 3.63) is 64.1 Å². The molecule has 0 aliphatic rings. The first-order chi connectivity index (χ1) is 12.0. The Morgan fingerprint density at radius 3 is 2.36 bits per heavy atom. The second kappa shape index (κ2) is 8.98. The van der Waals surface area contributed by atoms with E-state index < -0.39 is 5.97 Å². The van der Waals surface area contributed by atoms with Crippen LogP contribution in [0, 0.1) is 0 Å². The van der Waals surface area contributed by atoms with Crippen LogP contribution in [0.3, 0.4) is 0 Å². The summed E-state index contributed by atoms with van der Waals surface area (Å²) < 4.78 is 5.87. The van der Waals surface area contributed by atoms with Crippen LogP contribution < -0.4 is 10.6 Å². The first-order valence-electron chi connectivity index (χ1n) is 7.50. The summed E-state index contributed by atoms with van der Waals surface area (Å²) >= 11 is 3.40. The van der Waals surface area contributed by atoms with E-state index in [0.717, 1.165) is 10.0 Å². The molecule has 0 radical (unpaired) electrons. The van der Waals surface area contributed by atoms with Crippen LogP contribution in [0.25, 0.3) is 0 Å². The largest absolute Gasteiger partial charge is 0.452 e. The van der Waals surface area contributed by atoms with Crippen LogP contribution >= 0.6 is 15.9 Å². The van der Waals surface area contributed by atoms with Gasteiger partial charge in [0.25, 0.3) is 5.91 Å². The van der Waals surface area contributed by atoms with Gasteiger partial charge in [0, 0.05) is 23.6 Å². The minimum Gasteiger partial charge on any atom is -0.452 e. The molecule has 7 heteroatoms. The summed E-state index contributed by atoms with van der Waals surface area (Å²) in [4.78, 5) is 34.6. The maximum Gasteiger partial charge on any atom is 0.338 e. The molecule has 2 N–H and O–H groups in total. The van der Waals surface area contributed by atoms with Crippen molar-refractivity contribution in [3.8, 4) is 0 Å². The third kappa shape index (κ3) is 6.04. The van der Waals surface area contributed by atoms with Crippen molar-refractivity contribution in [1.29, 1.82) is 0 Å². The number of carbonyl (C=O) groups excluding carboxylic acids is 3. The molecular formula is C18H17BrN2O4. The maximum atomic E-state index is 11.9. The fourth-order valence-electron chi connectivity index (χ4n) is 1.99. The summed E-state index contributed by atoms with van der Waals surface area (Å²) in [5.41, 5.74) is 1.80. The fourth-order valence-corrected chi connectivity index (χ4v) is 2.42. The predicted octanol–water partition coefficient (Wildman–Crippen LogP) is 2.88. The van der Waals surface area contributed by atoms with E-state index in [0.29, 0.717) is 17.8 Å². The van der Waals surface area contributed by atoms with Crippen molar-refractivity contribution in [3.63, 3.8) is 0 Å². The molecular weight excluding hydrogens is 388 g/mol. The van der Waals surface area contributed by atoms with E-state index in [2.05, 4.69) is 26.6 Å². The van der Waals surface area contributed by atoms with Crippen LogP contribution in [0.4, 0.5) is 5.69 Å². The Labute approximate surface area is 153 Å². The molecule has 2 aromatic carbocycles. The van der Waals surface area contributed by atoms with E-state index >= 15 is 0 Å². The van der Waals surface area contributed by atoms with Crippen LogP contribution in [0.2, 0.25) is 0 Å². The van der Waals surface area contributed by atoms with Gasteiger partial charge in [0.05, 0.1) is 5.56 Å². The molecule has 0 unspecified atom stereocenters. The molecule has 2 amide bonds. The molecule has 0 fully saturated rings. The first kappa shape index (κ1) is 18.7. The monoisotopic (exact) mass is 404 g/mol. The van der Waals surface area contributed by atoms with Gasteiger partial charge in [-0.15, -0.1) is 0 Å². The van der Waals surface area contributed by atoms with Crippen molar-refractivity contribution >= 4 is 39.4 Å². The predicted molar refractivity (Wildman–Crippen MR) is 97.0 cm³/mol. The van der Waals surface area contributed by atoms with Gasteiger partial charge in [-0.25, -0.2) is 4.79 Å². The SMILES string of the molecule is CC(=O)Nc1ccc(C(=O)OCC(=O)NCc2ccccc2Br)cc1. The number of amides is 2. The standard InChI is InChI=1S/C18H17BrN2O4/c1-12(22)21-15-8-6-13(7-9-15)18(24)25-11-17(23)20-10-14-4-2-3-5-16(14)19/h2-9H,10-11H2,1H3,(H,20,23)(H,21,22). The van der Waals surface area contributed by atoms with E-state index in [4.69, 9.17) is 4.74 Å². The van der Waals surface area contributed by atoms with Gasteiger partial charge in [-0.1, -0.05) is 34.1 Å². The van der Waals surface area contributed by atoms with Gasteiger partial charge >= 0.3 is 5.97 Å². The van der Waals surface area contributed by atoms with E-state index in [9.17, 15) is 14.4 Å². The third-order valence-electron chi connectivity index (χ3n) is 3.21. The van der Waals surface area contributed by atoms with Gasteiger partial charge in [0.15, 0.2) is 6.61 Å². The number of rotatable bonds is 6. The highest BCUT2D eigenvalue weighted by Gasteiger charge is 2.10. The molecule has 0 aliphatic heterocycles. The highest BCUT2D eigenvalue weighted by molar-refractivity contribution is 9.10. The molecule has 0 aliphatic carbocycles. The van der Waals surface area contributed by atoms with E-state index in [1.165, 1.54) is 19.1 Å². The summed E-state index contributed by atoms with van der Waals surface area (Å²) in [6.45, 7) is 1.37. The van der Waals surface area contributed by atoms with Crippen LogP contribution in [0.5, 0.6) is 0 Å². The number of carbonyl (C=O) groups is 3. The second-order valence-electron chi connectivity index (χ2n) is 5.20. The highest BCUT2D eigenvalue weighted by Crippen LogP contribution is 2.15. The molecule has 0 spiro atoms. The lowest BCUT2D eigenvalue weighted by Crippen LogP contribution is -2.28. The van der Waals surface area contributed by atoms with Crippen molar-refractivity contribution in [1.82, 2.24) is 5.32 Å². The molecule has 2 rings (SSSR count). The number of hydrogen-bond donors (Lipinski definition) is 2. The molecule has 0 heterocycles. The van der Waals surface area contributed by atoms with Gasteiger partial charge < -0.3 is 15.4 Å². The Balaban J connectivity index is 1.80. The number of benzene rings is 2. The molecule has 6 nitrogen and oxygen atoms in total. The summed E-state index contributed by atoms with van der Waals surface area (Å²) in [5, 5.41) is 5.28. The van der Waals surface area contributed by atoms with Crippen LogP contribution in [0.15, 0.2) is 53.0 Å². The lowest BCUT2D eigenvalue weighted by Gasteiger charge is -2.08. The Morgan fingerprint density at radius 2 is 1.72 bits per heavy atom. The smallest absolute Gasteiger partial charge is 0.338 e. The molecule has 0 saturated carbocycles. The van der Waals surface area contributed by atoms with E-state index in [1.807, 2.05) is 24.3 Å². The molecule has 0 aromatic heterocycles. The second-order valence-corrected chi connectivity index (χ2v) is 6.06. The summed E-state index contributed by atoms with van der Waals surface area (Å²) in [5.74, 6) is -1.19. The maximum absolute atomic E-state index is 11.9. The van der Waals surface area contributed by atoms with Crippen LogP contribution in [0.1, 0.15) is 22.8 Å². The molecule has 0 saturated heterocycles. The first-order valence-corrected chi connectivity index (χ1v) is 8.30. The van der Waals surface area contributed by atoms with Gasteiger partial charge in [-0.2, -0.15) is 0 Å². The van der Waals surface area contributed by atoms with Crippen molar-refractivity contribution in [2.75, 3.05) is 11.9 Å². The van der Waals surface area contributed by atoms with E-state index in [1.54, 1.807) is 12.1 Å².